The second-order valence-electron chi connectivity index (χ2n) is 6.59. The van der Waals surface area contributed by atoms with Crippen molar-refractivity contribution in [2.45, 2.75) is 29.2 Å². The van der Waals surface area contributed by atoms with Crippen molar-refractivity contribution in [3.05, 3.63) is 70.7 Å². The van der Waals surface area contributed by atoms with Gasteiger partial charge < -0.3 is 5.11 Å². The fourth-order valence-electron chi connectivity index (χ4n) is 2.76. The Morgan fingerprint density at radius 2 is 1.96 bits per heavy atom. The first kappa shape index (κ1) is 18.0. The Kier molecular flexibility index (Phi) is 4.89. The molecule has 0 amide bonds. The number of carbonyl (C=O) groups is 1. The van der Waals surface area contributed by atoms with E-state index in [0.29, 0.717) is 17.9 Å². The summed E-state index contributed by atoms with van der Waals surface area (Å²) in [6, 6.07) is 17.6. The van der Waals surface area contributed by atoms with Crippen molar-refractivity contribution in [1.82, 2.24) is 4.98 Å². The fourth-order valence-corrected chi connectivity index (χ4v) is 3.83. The predicted molar refractivity (Wildman–Crippen MR) is 110 cm³/mol. The summed E-state index contributed by atoms with van der Waals surface area (Å²) in [5.74, 6) is -0.115. The van der Waals surface area contributed by atoms with Crippen molar-refractivity contribution < 1.29 is 9.90 Å². The Morgan fingerprint density at radius 1 is 1.22 bits per heavy atom. The number of nitrogens with zero attached hydrogens (tertiary/aromatic N) is 2. The van der Waals surface area contributed by atoms with Gasteiger partial charge in [0.05, 0.1) is 5.52 Å². The van der Waals surface area contributed by atoms with Crippen LogP contribution in [0.1, 0.15) is 24.0 Å². The number of aliphatic imine (C=N–C) groups is 1. The third kappa shape index (κ3) is 3.99. The molecule has 6 heteroatoms. The normalized spacial score (nSPS) is 15.3. The van der Waals surface area contributed by atoms with E-state index in [2.05, 4.69) is 4.99 Å². The SMILES string of the molecule is O=C(O)C1(N=Cc2cc3ccccc3nc2SCc2ccc(Cl)cc2)CC1. The number of halogens is 1. The molecule has 2 aromatic carbocycles. The van der Waals surface area contributed by atoms with Crippen LogP contribution in [0.5, 0.6) is 0 Å². The number of aliphatic carboxylic acids is 1. The van der Waals surface area contributed by atoms with Gasteiger partial charge in [-0.1, -0.05) is 41.9 Å². The fraction of sp³-hybridized carbons (Fsp3) is 0.190. The molecule has 1 heterocycles. The summed E-state index contributed by atoms with van der Waals surface area (Å²) < 4.78 is 0. The van der Waals surface area contributed by atoms with Gasteiger partial charge in [0.1, 0.15) is 5.03 Å². The van der Waals surface area contributed by atoms with Crippen LogP contribution in [0.25, 0.3) is 10.9 Å². The van der Waals surface area contributed by atoms with E-state index in [1.165, 1.54) is 0 Å². The van der Waals surface area contributed by atoms with Gasteiger partial charge in [0, 0.05) is 27.9 Å². The molecule has 1 aliphatic carbocycles. The molecule has 1 aromatic heterocycles. The Balaban J connectivity index is 1.65. The number of rotatable bonds is 6. The van der Waals surface area contributed by atoms with Crippen LogP contribution in [0.15, 0.2) is 64.6 Å². The van der Waals surface area contributed by atoms with Crippen LogP contribution in [0.3, 0.4) is 0 Å². The minimum atomic E-state index is -0.941. The van der Waals surface area contributed by atoms with Crippen LogP contribution in [0.2, 0.25) is 5.02 Å². The molecule has 27 heavy (non-hydrogen) atoms. The highest BCUT2D eigenvalue weighted by atomic mass is 35.5. The molecule has 1 N–H and O–H groups in total. The third-order valence-electron chi connectivity index (χ3n) is 4.58. The van der Waals surface area contributed by atoms with Crippen LogP contribution in [0, 0.1) is 0 Å². The number of carboxylic acids is 1. The van der Waals surface area contributed by atoms with Crippen molar-refractivity contribution in [2.75, 3.05) is 0 Å². The summed E-state index contributed by atoms with van der Waals surface area (Å²) >= 11 is 7.56. The summed E-state index contributed by atoms with van der Waals surface area (Å²) in [4.78, 5) is 20.5. The molecule has 3 aromatic rings. The lowest BCUT2D eigenvalue weighted by Gasteiger charge is -2.09. The van der Waals surface area contributed by atoms with E-state index in [1.807, 2.05) is 54.6 Å². The zero-order chi connectivity index (χ0) is 18.9. The van der Waals surface area contributed by atoms with E-state index < -0.39 is 11.5 Å². The maximum atomic E-state index is 11.4. The van der Waals surface area contributed by atoms with Crippen LogP contribution >= 0.6 is 23.4 Å². The van der Waals surface area contributed by atoms with Gasteiger partial charge >= 0.3 is 5.97 Å². The number of carboxylic acid groups (broad SMARTS) is 1. The lowest BCUT2D eigenvalue weighted by atomic mass is 10.1. The Labute approximate surface area is 166 Å². The molecule has 1 fully saturated rings. The number of pyridine rings is 1. The first-order valence-electron chi connectivity index (χ1n) is 8.61. The Hall–Kier alpha value is -2.37. The van der Waals surface area contributed by atoms with E-state index >= 15 is 0 Å². The maximum absolute atomic E-state index is 11.4. The third-order valence-corrected chi connectivity index (χ3v) is 5.91. The average molecular weight is 397 g/mol. The highest BCUT2D eigenvalue weighted by Crippen LogP contribution is 2.40. The maximum Gasteiger partial charge on any atom is 0.331 e. The van der Waals surface area contributed by atoms with Crippen molar-refractivity contribution in [3.8, 4) is 0 Å². The molecule has 0 bridgehead atoms. The van der Waals surface area contributed by atoms with Gasteiger partial charge in [-0.15, -0.1) is 11.8 Å². The molecule has 4 rings (SSSR count). The van der Waals surface area contributed by atoms with Gasteiger partial charge in [-0.2, -0.15) is 0 Å². The van der Waals surface area contributed by atoms with Gasteiger partial charge in [-0.3, -0.25) is 4.99 Å². The average Bonchev–Trinajstić information content (AvgIpc) is 3.47. The molecule has 0 spiro atoms. The topological polar surface area (TPSA) is 62.5 Å². The van der Waals surface area contributed by atoms with E-state index in [4.69, 9.17) is 16.6 Å². The number of aromatic nitrogens is 1. The molecule has 0 saturated heterocycles. The summed E-state index contributed by atoms with van der Waals surface area (Å²) in [6.07, 6.45) is 2.85. The second kappa shape index (κ2) is 7.33. The Morgan fingerprint density at radius 3 is 2.67 bits per heavy atom. The number of benzene rings is 2. The number of hydrogen-bond acceptors (Lipinski definition) is 4. The second-order valence-corrected chi connectivity index (χ2v) is 7.99. The number of fused-ring (bicyclic) bond motifs is 1. The highest BCUT2D eigenvalue weighted by molar-refractivity contribution is 7.98. The van der Waals surface area contributed by atoms with Gasteiger partial charge in [0.15, 0.2) is 5.54 Å². The standard InChI is InChI=1S/C21H17ClN2O2S/c22-17-7-5-14(6-8-17)13-27-19-16(12-23-21(9-10-21)20(25)26)11-15-3-1-2-4-18(15)24-19/h1-8,11-12H,9-10,13H2,(H,25,26). The summed E-state index contributed by atoms with van der Waals surface area (Å²) in [5.41, 5.74) is 1.96. The van der Waals surface area contributed by atoms with Crippen LogP contribution in [-0.2, 0) is 10.5 Å². The van der Waals surface area contributed by atoms with Gasteiger partial charge in [-0.05, 0) is 42.7 Å². The van der Waals surface area contributed by atoms with Crippen LogP contribution < -0.4 is 0 Å². The van der Waals surface area contributed by atoms with Crippen LogP contribution in [0.4, 0.5) is 0 Å². The van der Waals surface area contributed by atoms with E-state index in [1.54, 1.807) is 18.0 Å². The van der Waals surface area contributed by atoms with Crippen molar-refractivity contribution in [3.63, 3.8) is 0 Å². The number of para-hydroxylation sites is 1. The minimum absolute atomic E-state index is 0.590. The predicted octanol–water partition coefficient (Wildman–Crippen LogP) is 5.22. The first-order chi connectivity index (χ1) is 13.1. The molecule has 1 aliphatic rings. The van der Waals surface area contributed by atoms with Gasteiger partial charge in [0.25, 0.3) is 0 Å². The summed E-state index contributed by atoms with van der Waals surface area (Å²) in [5, 5.41) is 11.9. The molecule has 136 valence electrons. The Bertz CT molecular complexity index is 1030. The number of hydrogen-bond donors (Lipinski definition) is 1. The molecule has 0 radical (unpaired) electrons. The van der Waals surface area contributed by atoms with Crippen molar-refractivity contribution in [1.29, 1.82) is 0 Å². The molecule has 0 aliphatic heterocycles. The van der Waals surface area contributed by atoms with E-state index in [9.17, 15) is 9.90 Å². The largest absolute Gasteiger partial charge is 0.479 e. The smallest absolute Gasteiger partial charge is 0.331 e. The molecule has 0 atom stereocenters. The monoisotopic (exact) mass is 396 g/mol. The summed E-state index contributed by atoms with van der Waals surface area (Å²) in [7, 11) is 0. The quantitative estimate of drug-likeness (QED) is 0.458. The van der Waals surface area contributed by atoms with Gasteiger partial charge in [-0.25, -0.2) is 9.78 Å². The molecule has 4 nitrogen and oxygen atoms in total. The zero-order valence-corrected chi connectivity index (χ0v) is 16.0. The first-order valence-corrected chi connectivity index (χ1v) is 9.98. The van der Waals surface area contributed by atoms with Gasteiger partial charge in [0.2, 0.25) is 0 Å². The molecular weight excluding hydrogens is 380 g/mol. The molecular formula is C21H17ClN2O2S. The van der Waals surface area contributed by atoms with E-state index in [0.717, 1.165) is 32.8 Å². The lowest BCUT2D eigenvalue weighted by molar-refractivity contribution is -0.139. The van der Waals surface area contributed by atoms with Crippen molar-refractivity contribution in [2.24, 2.45) is 4.99 Å². The number of thioether (sulfide) groups is 1. The van der Waals surface area contributed by atoms with E-state index in [-0.39, 0.29) is 0 Å². The summed E-state index contributed by atoms with van der Waals surface area (Å²) in [6.45, 7) is 0. The lowest BCUT2D eigenvalue weighted by Crippen LogP contribution is -2.19. The van der Waals surface area contributed by atoms with Crippen molar-refractivity contribution >= 4 is 46.4 Å². The zero-order valence-electron chi connectivity index (χ0n) is 14.4. The molecule has 0 unspecified atom stereocenters. The highest BCUT2D eigenvalue weighted by Gasteiger charge is 2.50. The van der Waals surface area contributed by atoms with Crippen LogP contribution in [-0.4, -0.2) is 27.8 Å². The minimum Gasteiger partial charge on any atom is -0.479 e. The molecule has 1 saturated carbocycles.